The van der Waals surface area contributed by atoms with Crippen LogP contribution >= 0.6 is 0 Å². The van der Waals surface area contributed by atoms with Gasteiger partial charge in [-0.15, -0.1) is 10.1 Å². The van der Waals surface area contributed by atoms with E-state index < -0.39 is 41.4 Å². The van der Waals surface area contributed by atoms with E-state index in [0.717, 1.165) is 6.42 Å². The molecule has 3 rings (SSSR count). The van der Waals surface area contributed by atoms with E-state index in [1.165, 1.54) is 37.8 Å². The smallest absolute Gasteiger partial charge is 0.338 e. The van der Waals surface area contributed by atoms with Crippen molar-refractivity contribution in [2.24, 2.45) is 11.8 Å². The number of aryl methyl sites for hydroxylation is 1. The lowest BCUT2D eigenvalue weighted by Crippen LogP contribution is -2.40. The maximum Gasteiger partial charge on any atom is 0.338 e. The molecular weight excluding hydrogens is 664 g/mol. The van der Waals surface area contributed by atoms with E-state index in [2.05, 4.69) is 10.2 Å². The number of amides is 1. The Balaban J connectivity index is 1.35. The third-order valence-corrected chi connectivity index (χ3v) is 8.87. The van der Waals surface area contributed by atoms with Crippen molar-refractivity contribution < 1.29 is 53.8 Å². The van der Waals surface area contributed by atoms with Gasteiger partial charge >= 0.3 is 11.9 Å². The Bertz CT molecular complexity index is 1440. The predicted molar refractivity (Wildman–Crippen MR) is 185 cm³/mol. The second kappa shape index (κ2) is 21.6. The summed E-state index contributed by atoms with van der Waals surface area (Å²) in [6, 6.07) is 13.1. The second-order valence-corrected chi connectivity index (χ2v) is 12.7. The van der Waals surface area contributed by atoms with Crippen LogP contribution in [0.5, 0.6) is 11.5 Å². The van der Waals surface area contributed by atoms with Crippen LogP contribution in [0, 0.1) is 22.0 Å². The highest BCUT2D eigenvalue weighted by molar-refractivity contribution is 5.90. The van der Waals surface area contributed by atoms with E-state index in [4.69, 9.17) is 14.2 Å². The van der Waals surface area contributed by atoms with Crippen molar-refractivity contribution in [2.75, 3.05) is 20.3 Å². The van der Waals surface area contributed by atoms with Crippen molar-refractivity contribution in [3.63, 3.8) is 0 Å². The number of allylic oxidation sites excluding steroid dienone is 2. The summed E-state index contributed by atoms with van der Waals surface area (Å²) in [6.07, 6.45) is 7.21. The van der Waals surface area contributed by atoms with Crippen molar-refractivity contribution >= 4 is 17.8 Å². The Labute approximate surface area is 297 Å². The molecule has 0 radical (unpaired) electrons. The number of benzene rings is 2. The van der Waals surface area contributed by atoms with E-state index in [1.807, 2.05) is 42.5 Å². The fourth-order valence-corrected chi connectivity index (χ4v) is 6.06. The Morgan fingerprint density at radius 1 is 1.00 bits per heavy atom. The third kappa shape index (κ3) is 14.3. The normalized spacial score (nSPS) is 19.6. The first-order valence-electron chi connectivity index (χ1n) is 17.3. The summed E-state index contributed by atoms with van der Waals surface area (Å²) in [5.41, 5.74) is 1.29. The Morgan fingerprint density at radius 3 is 2.47 bits per heavy atom. The van der Waals surface area contributed by atoms with Gasteiger partial charge in [-0.1, -0.05) is 42.5 Å². The number of aliphatic hydroxyl groups is 3. The molecular formula is C37H50N2O12. The van der Waals surface area contributed by atoms with Gasteiger partial charge in [0.15, 0.2) is 11.5 Å². The quantitative estimate of drug-likeness (QED) is 0.0340. The summed E-state index contributed by atoms with van der Waals surface area (Å²) >= 11 is 0. The van der Waals surface area contributed by atoms with E-state index in [1.54, 1.807) is 0 Å². The molecule has 0 spiro atoms. The summed E-state index contributed by atoms with van der Waals surface area (Å²) in [7, 11) is 1.33. The van der Waals surface area contributed by atoms with Gasteiger partial charge < -0.3 is 39.7 Å². The van der Waals surface area contributed by atoms with Crippen LogP contribution < -0.4 is 14.8 Å². The van der Waals surface area contributed by atoms with Crippen molar-refractivity contribution in [2.45, 2.75) is 95.5 Å². The lowest BCUT2D eigenvalue weighted by Gasteiger charge is -2.23. The number of nitrogens with one attached hydrogen (secondary N) is 1. The number of nitrogens with zero attached hydrogens (tertiary/aromatic N) is 1. The van der Waals surface area contributed by atoms with Crippen LogP contribution in [0.25, 0.3) is 0 Å². The van der Waals surface area contributed by atoms with Crippen molar-refractivity contribution in [1.82, 2.24) is 5.32 Å². The number of unbranched alkanes of at least 4 members (excludes halogenated alkanes) is 1. The van der Waals surface area contributed by atoms with E-state index in [9.17, 15) is 39.8 Å². The number of methoxy groups -OCH3 is 1. The van der Waals surface area contributed by atoms with Crippen LogP contribution in [-0.2, 0) is 25.6 Å². The van der Waals surface area contributed by atoms with Gasteiger partial charge in [-0.25, -0.2) is 9.59 Å². The second-order valence-electron chi connectivity index (χ2n) is 12.7. The fourth-order valence-electron chi connectivity index (χ4n) is 6.06. The molecule has 14 heteroatoms. The summed E-state index contributed by atoms with van der Waals surface area (Å²) in [6.45, 7) is 1.17. The van der Waals surface area contributed by atoms with Gasteiger partial charge in [0, 0.05) is 12.8 Å². The highest BCUT2D eigenvalue weighted by Crippen LogP contribution is 2.38. The number of hydrogen-bond acceptors (Lipinski definition) is 12. The van der Waals surface area contributed by atoms with Crippen LogP contribution in [0.2, 0.25) is 0 Å². The highest BCUT2D eigenvalue weighted by atomic mass is 16.9. The fraction of sp³-hybridized carbons (Fsp3) is 0.541. The number of carbonyl (C=O) groups is 3. The van der Waals surface area contributed by atoms with E-state index >= 15 is 0 Å². The molecule has 1 aliphatic carbocycles. The first-order chi connectivity index (χ1) is 24.5. The maximum atomic E-state index is 12.7. The molecule has 1 fully saturated rings. The van der Waals surface area contributed by atoms with Gasteiger partial charge in [0.25, 0.3) is 5.09 Å². The predicted octanol–water partition coefficient (Wildman–Crippen LogP) is 4.11. The van der Waals surface area contributed by atoms with Gasteiger partial charge in [0.05, 0.1) is 44.2 Å². The molecule has 0 aliphatic heterocycles. The van der Waals surface area contributed by atoms with Crippen molar-refractivity contribution in [3.8, 4) is 11.5 Å². The molecule has 280 valence electrons. The summed E-state index contributed by atoms with van der Waals surface area (Å²) < 4.78 is 15.7. The molecule has 51 heavy (non-hydrogen) atoms. The molecule has 1 saturated carbocycles. The number of carbonyl (C=O) groups excluding carboxylic acids is 3. The zero-order chi connectivity index (χ0) is 37.2. The molecule has 4 N–H and O–H groups in total. The molecule has 2 aromatic carbocycles. The molecule has 0 aromatic heterocycles. The molecule has 2 aromatic rings. The van der Waals surface area contributed by atoms with Crippen LogP contribution in [-0.4, -0.2) is 82.9 Å². The molecule has 1 unspecified atom stereocenters. The standard InChI is InChI=1S/C37H50N2O12/c1-25(36(44)51-33-20-16-27(23-34(33)48-2)37(45)49-21-10-22-50-39(46)47)38-35(43)14-9-4-3-8-13-29-30(32(42)24-31(29)41)19-18-28(40)17-15-26-11-6-5-7-12-26/h3,5-8,11-12,16,20,23,25,28-32,40-42H,4,9-10,13-15,17-19,21-22,24H2,1-2H3,(H,38,43)/b8-3-/t25?,28-,29+,30+,31-,32+/m0/s1. The van der Waals surface area contributed by atoms with Crippen LogP contribution in [0.3, 0.4) is 0 Å². The minimum Gasteiger partial charge on any atom is -0.493 e. The number of esters is 2. The average molecular weight is 715 g/mol. The van der Waals surface area contributed by atoms with Gasteiger partial charge in [0.2, 0.25) is 5.91 Å². The summed E-state index contributed by atoms with van der Waals surface area (Å²) in [4.78, 5) is 51.8. The van der Waals surface area contributed by atoms with Crippen LogP contribution in [0.15, 0.2) is 60.7 Å². The largest absolute Gasteiger partial charge is 0.493 e. The maximum absolute atomic E-state index is 12.7. The Morgan fingerprint density at radius 2 is 1.75 bits per heavy atom. The number of ether oxygens (including phenoxy) is 3. The minimum absolute atomic E-state index is 0.0334. The van der Waals surface area contributed by atoms with E-state index in [0.29, 0.717) is 44.9 Å². The molecule has 6 atom stereocenters. The van der Waals surface area contributed by atoms with E-state index in [-0.39, 0.29) is 60.9 Å². The molecule has 0 heterocycles. The Kier molecular flexibility index (Phi) is 17.3. The lowest BCUT2D eigenvalue weighted by atomic mass is 9.85. The SMILES string of the molecule is COc1cc(C(=O)OCCCO[N+](=O)[O-])ccc1OC(=O)C(C)NC(=O)CCC/C=C\C[C@@H]1[C@@H](CC[C@@H](O)CCc2ccccc2)[C@H](O)C[C@@H]1O. The monoisotopic (exact) mass is 714 g/mol. The third-order valence-electron chi connectivity index (χ3n) is 8.87. The first kappa shape index (κ1) is 40.9. The average Bonchev–Trinajstić information content (AvgIpc) is 3.38. The van der Waals surface area contributed by atoms with Crippen LogP contribution in [0.4, 0.5) is 0 Å². The van der Waals surface area contributed by atoms with Gasteiger partial charge in [-0.2, -0.15) is 0 Å². The van der Waals surface area contributed by atoms with Gasteiger partial charge in [-0.3, -0.25) is 4.79 Å². The molecule has 0 saturated heterocycles. The lowest BCUT2D eigenvalue weighted by molar-refractivity contribution is -0.757. The Hall–Kier alpha value is -4.53. The topological polar surface area (TPSA) is 204 Å². The van der Waals surface area contributed by atoms with Crippen molar-refractivity contribution in [3.05, 3.63) is 81.9 Å². The molecule has 0 bridgehead atoms. The number of aliphatic hydroxyl groups excluding tert-OH is 3. The zero-order valence-electron chi connectivity index (χ0n) is 29.2. The zero-order valence-corrected chi connectivity index (χ0v) is 29.2. The first-order valence-corrected chi connectivity index (χ1v) is 17.3. The highest BCUT2D eigenvalue weighted by Gasteiger charge is 2.40. The number of hydrogen-bond donors (Lipinski definition) is 4. The molecule has 1 amide bonds. The summed E-state index contributed by atoms with van der Waals surface area (Å²) in [5, 5.41) is 43.5. The summed E-state index contributed by atoms with van der Waals surface area (Å²) in [5.74, 6) is -1.86. The van der Waals surface area contributed by atoms with Gasteiger partial charge in [0.1, 0.15) is 6.04 Å². The number of rotatable bonds is 22. The van der Waals surface area contributed by atoms with Gasteiger partial charge in [-0.05, 0) is 93.9 Å². The molecule has 14 nitrogen and oxygen atoms in total. The molecule has 1 aliphatic rings. The van der Waals surface area contributed by atoms with Crippen molar-refractivity contribution in [1.29, 1.82) is 0 Å². The van der Waals surface area contributed by atoms with Crippen LogP contribution in [0.1, 0.15) is 80.6 Å². The minimum atomic E-state index is -0.965.